The van der Waals surface area contributed by atoms with Gasteiger partial charge in [-0.1, -0.05) is 6.08 Å². The average molecular weight is 233 g/mol. The van der Waals surface area contributed by atoms with Crippen molar-refractivity contribution < 1.29 is 4.92 Å². The van der Waals surface area contributed by atoms with Crippen molar-refractivity contribution >= 4 is 5.69 Å². The highest BCUT2D eigenvalue weighted by Gasteiger charge is 2.27. The summed E-state index contributed by atoms with van der Waals surface area (Å²) < 4.78 is 0. The highest BCUT2D eigenvalue weighted by molar-refractivity contribution is 5.34. The molecule has 0 spiro atoms. The molecule has 1 unspecified atom stereocenters. The van der Waals surface area contributed by atoms with Crippen molar-refractivity contribution in [2.45, 2.75) is 5.66 Å². The van der Waals surface area contributed by atoms with E-state index in [0.717, 1.165) is 6.20 Å². The van der Waals surface area contributed by atoms with E-state index in [1.54, 1.807) is 18.2 Å². The monoisotopic (exact) mass is 233 g/mol. The van der Waals surface area contributed by atoms with Gasteiger partial charge in [0.2, 0.25) is 0 Å². The molecule has 2 heterocycles. The first kappa shape index (κ1) is 11.1. The second-order valence-electron chi connectivity index (χ2n) is 3.63. The predicted octanol–water partition coefficient (Wildman–Crippen LogP) is 0.0608. The van der Waals surface area contributed by atoms with Crippen molar-refractivity contribution in [3.05, 3.63) is 58.2 Å². The van der Waals surface area contributed by atoms with Crippen LogP contribution in [0, 0.1) is 10.1 Å². The molecule has 1 aliphatic rings. The Morgan fingerprint density at radius 3 is 2.76 bits per heavy atom. The molecule has 0 aliphatic carbocycles. The zero-order chi connectivity index (χ0) is 12.5. The number of nitrogens with two attached hydrogens (primary N) is 2. The Bertz CT molecular complexity index is 508. The van der Waals surface area contributed by atoms with Gasteiger partial charge in [-0.15, -0.1) is 0 Å². The van der Waals surface area contributed by atoms with Gasteiger partial charge < -0.3 is 16.8 Å². The number of dihydropyridines is 1. The topological polar surface area (TPSA) is 120 Å². The van der Waals surface area contributed by atoms with Crippen LogP contribution in [0.1, 0.15) is 5.69 Å². The molecule has 0 radical (unpaired) electrons. The largest absolute Gasteiger partial charge is 0.385 e. The molecule has 88 valence electrons. The van der Waals surface area contributed by atoms with Gasteiger partial charge in [-0.05, 0) is 18.2 Å². The SMILES string of the molecule is NC1=CC=CC(N)(c2ccc([N+](=O)[O-])cn2)N1. The quantitative estimate of drug-likeness (QED) is 0.490. The third-order valence-electron chi connectivity index (χ3n) is 2.37. The van der Waals surface area contributed by atoms with Crippen LogP contribution in [0.2, 0.25) is 0 Å². The molecule has 7 heteroatoms. The van der Waals surface area contributed by atoms with Gasteiger partial charge in [-0.2, -0.15) is 0 Å². The molecule has 5 N–H and O–H groups in total. The lowest BCUT2D eigenvalue weighted by Gasteiger charge is -2.29. The summed E-state index contributed by atoms with van der Waals surface area (Å²) in [5.74, 6) is 0.412. The first-order valence-corrected chi connectivity index (χ1v) is 4.84. The Balaban J connectivity index is 2.32. The molecule has 1 aromatic rings. The van der Waals surface area contributed by atoms with E-state index in [4.69, 9.17) is 11.5 Å². The lowest BCUT2D eigenvalue weighted by atomic mass is 10.0. The van der Waals surface area contributed by atoms with E-state index in [2.05, 4.69) is 10.3 Å². The fourth-order valence-corrected chi connectivity index (χ4v) is 1.51. The third-order valence-corrected chi connectivity index (χ3v) is 2.37. The van der Waals surface area contributed by atoms with Crippen LogP contribution < -0.4 is 16.8 Å². The fourth-order valence-electron chi connectivity index (χ4n) is 1.51. The highest BCUT2D eigenvalue weighted by Crippen LogP contribution is 2.20. The summed E-state index contributed by atoms with van der Waals surface area (Å²) >= 11 is 0. The second kappa shape index (κ2) is 3.87. The highest BCUT2D eigenvalue weighted by atomic mass is 16.6. The van der Waals surface area contributed by atoms with Crippen molar-refractivity contribution in [1.82, 2.24) is 10.3 Å². The van der Waals surface area contributed by atoms with Crippen LogP contribution in [0.15, 0.2) is 42.4 Å². The second-order valence-corrected chi connectivity index (χ2v) is 3.63. The number of nitrogens with one attached hydrogen (secondary N) is 1. The van der Waals surface area contributed by atoms with Gasteiger partial charge in [0, 0.05) is 6.07 Å². The van der Waals surface area contributed by atoms with Gasteiger partial charge >= 0.3 is 0 Å². The van der Waals surface area contributed by atoms with Crippen LogP contribution in [-0.4, -0.2) is 9.91 Å². The van der Waals surface area contributed by atoms with Crippen molar-refractivity contribution in [1.29, 1.82) is 0 Å². The summed E-state index contributed by atoms with van der Waals surface area (Å²) in [7, 11) is 0. The van der Waals surface area contributed by atoms with Crippen LogP contribution in [0.3, 0.4) is 0 Å². The lowest BCUT2D eigenvalue weighted by molar-refractivity contribution is -0.385. The standard InChI is InChI=1S/C10H11N5O2/c11-9-2-1-5-10(12,14-9)8-4-3-7(6-13-8)15(16)17/h1-6,14H,11-12H2. The smallest absolute Gasteiger partial charge is 0.287 e. The maximum atomic E-state index is 10.5. The van der Waals surface area contributed by atoms with E-state index < -0.39 is 10.6 Å². The number of pyridine rings is 1. The van der Waals surface area contributed by atoms with E-state index >= 15 is 0 Å². The minimum atomic E-state index is -1.03. The first-order chi connectivity index (χ1) is 8.01. The van der Waals surface area contributed by atoms with Gasteiger partial charge in [-0.3, -0.25) is 10.1 Å². The Labute approximate surface area is 97.0 Å². The van der Waals surface area contributed by atoms with E-state index in [-0.39, 0.29) is 5.69 Å². The van der Waals surface area contributed by atoms with Gasteiger partial charge in [-0.25, -0.2) is 4.98 Å². The van der Waals surface area contributed by atoms with Gasteiger partial charge in [0.1, 0.15) is 6.20 Å². The maximum absolute atomic E-state index is 10.5. The number of aromatic nitrogens is 1. The third kappa shape index (κ3) is 2.08. The van der Waals surface area contributed by atoms with Crippen LogP contribution in [0.4, 0.5) is 5.69 Å². The average Bonchev–Trinajstić information content (AvgIpc) is 2.29. The maximum Gasteiger partial charge on any atom is 0.287 e. The van der Waals surface area contributed by atoms with E-state index in [9.17, 15) is 10.1 Å². The molecule has 1 aliphatic heterocycles. The van der Waals surface area contributed by atoms with E-state index in [0.29, 0.717) is 11.5 Å². The molecular weight excluding hydrogens is 222 g/mol. The molecule has 2 rings (SSSR count). The molecular formula is C10H11N5O2. The van der Waals surface area contributed by atoms with Crippen molar-refractivity contribution in [3.63, 3.8) is 0 Å². The van der Waals surface area contributed by atoms with Gasteiger partial charge in [0.25, 0.3) is 5.69 Å². The Morgan fingerprint density at radius 1 is 1.47 bits per heavy atom. The zero-order valence-corrected chi connectivity index (χ0v) is 8.83. The zero-order valence-electron chi connectivity index (χ0n) is 8.83. The number of rotatable bonds is 2. The predicted molar refractivity (Wildman–Crippen MR) is 61.3 cm³/mol. The summed E-state index contributed by atoms with van der Waals surface area (Å²) in [6, 6.07) is 2.84. The normalized spacial score (nSPS) is 22.8. The van der Waals surface area contributed by atoms with Crippen LogP contribution >= 0.6 is 0 Å². The summed E-state index contributed by atoms with van der Waals surface area (Å²) in [5, 5.41) is 13.4. The number of allylic oxidation sites excluding steroid dienone is 2. The molecule has 17 heavy (non-hydrogen) atoms. The van der Waals surface area contributed by atoms with Crippen molar-refractivity contribution in [2.24, 2.45) is 11.5 Å². The lowest BCUT2D eigenvalue weighted by Crippen LogP contribution is -2.51. The number of nitrogens with zero attached hydrogens (tertiary/aromatic N) is 2. The first-order valence-electron chi connectivity index (χ1n) is 4.84. The van der Waals surface area contributed by atoms with E-state index in [1.807, 2.05) is 0 Å². The molecule has 0 aromatic carbocycles. The number of nitro groups is 1. The summed E-state index contributed by atoms with van der Waals surface area (Å²) in [6.07, 6.45) is 6.21. The minimum Gasteiger partial charge on any atom is -0.385 e. The molecule has 1 atom stereocenters. The molecule has 1 aromatic heterocycles. The van der Waals surface area contributed by atoms with Gasteiger partial charge in [0.15, 0.2) is 5.66 Å². The van der Waals surface area contributed by atoms with Crippen molar-refractivity contribution in [3.8, 4) is 0 Å². The Kier molecular flexibility index (Phi) is 2.52. The number of hydrogen-bond donors (Lipinski definition) is 3. The summed E-state index contributed by atoms with van der Waals surface area (Å²) in [5.41, 5.74) is 11.0. The van der Waals surface area contributed by atoms with Crippen molar-refractivity contribution in [2.75, 3.05) is 0 Å². The van der Waals surface area contributed by atoms with Crippen LogP contribution in [0.5, 0.6) is 0 Å². The minimum absolute atomic E-state index is 0.0827. The Morgan fingerprint density at radius 2 is 2.24 bits per heavy atom. The van der Waals surface area contributed by atoms with E-state index in [1.165, 1.54) is 12.1 Å². The van der Waals surface area contributed by atoms with Gasteiger partial charge in [0.05, 0.1) is 16.4 Å². The molecule has 0 amide bonds. The molecule has 0 saturated heterocycles. The molecule has 7 nitrogen and oxygen atoms in total. The van der Waals surface area contributed by atoms with Crippen LogP contribution in [-0.2, 0) is 5.66 Å². The molecule has 0 saturated carbocycles. The Hall–Kier alpha value is -2.41. The molecule has 0 fully saturated rings. The number of hydrogen-bond acceptors (Lipinski definition) is 6. The molecule has 0 bridgehead atoms. The fraction of sp³-hybridized carbons (Fsp3) is 0.100. The summed E-state index contributed by atoms with van der Waals surface area (Å²) in [4.78, 5) is 13.9. The van der Waals surface area contributed by atoms with Crippen LogP contribution in [0.25, 0.3) is 0 Å². The summed E-state index contributed by atoms with van der Waals surface area (Å²) in [6.45, 7) is 0.